The van der Waals surface area contributed by atoms with Crippen molar-refractivity contribution in [3.05, 3.63) is 29.8 Å². The van der Waals surface area contributed by atoms with E-state index in [2.05, 4.69) is 23.6 Å². The van der Waals surface area contributed by atoms with Gasteiger partial charge in [-0.25, -0.2) is 4.57 Å². The van der Waals surface area contributed by atoms with Crippen LogP contribution in [0.4, 0.5) is 0 Å². The van der Waals surface area contributed by atoms with E-state index in [9.17, 15) is 4.57 Å². The maximum Gasteiger partial charge on any atom is 0.469 e. The van der Waals surface area contributed by atoms with Gasteiger partial charge in [0.05, 0.1) is 72.7 Å². The van der Waals surface area contributed by atoms with Crippen molar-refractivity contribution in [2.45, 2.75) is 58.3 Å². The molecule has 0 unspecified atom stereocenters. The topological polar surface area (TPSA) is 122 Å². The van der Waals surface area contributed by atoms with Crippen LogP contribution < -0.4 is 4.74 Å². The van der Waals surface area contributed by atoms with Gasteiger partial charge in [-0.05, 0) is 24.5 Å². The predicted octanol–water partition coefficient (Wildman–Crippen LogP) is 4.55. The summed E-state index contributed by atoms with van der Waals surface area (Å²) in [5, 5.41) is 0. The Kier molecular flexibility index (Phi) is 22.9. The Morgan fingerprint density at radius 1 is 0.605 bits per heavy atom. The molecule has 0 aliphatic carbocycles. The molecule has 2 N–H and O–H groups in total. The fourth-order valence-electron chi connectivity index (χ4n) is 3.53. The average molecular weight is 565 g/mol. The molecule has 0 spiro atoms. The number of ether oxygens (including phenoxy) is 6. The van der Waals surface area contributed by atoms with Crippen molar-refractivity contribution >= 4 is 7.82 Å². The lowest BCUT2D eigenvalue weighted by Crippen LogP contribution is -2.15. The molecule has 38 heavy (non-hydrogen) atoms. The van der Waals surface area contributed by atoms with Crippen molar-refractivity contribution in [1.29, 1.82) is 0 Å². The second-order valence-electron chi connectivity index (χ2n) is 8.71. The molecule has 0 aliphatic heterocycles. The molecule has 0 fully saturated rings. The Balaban J connectivity index is 1.86. The summed E-state index contributed by atoms with van der Waals surface area (Å²) < 4.78 is 47.6. The highest BCUT2D eigenvalue weighted by Crippen LogP contribution is 2.35. The molecule has 222 valence electrons. The Hall–Kier alpha value is -1.07. The minimum Gasteiger partial charge on any atom is -0.491 e. The largest absolute Gasteiger partial charge is 0.491 e. The zero-order valence-corrected chi connectivity index (χ0v) is 24.0. The van der Waals surface area contributed by atoms with Crippen LogP contribution in [0.1, 0.15) is 57.4 Å². The van der Waals surface area contributed by atoms with Crippen LogP contribution in [0.25, 0.3) is 0 Å². The third kappa shape index (κ3) is 22.9. The first-order valence-electron chi connectivity index (χ1n) is 13.8. The van der Waals surface area contributed by atoms with Crippen LogP contribution in [-0.4, -0.2) is 89.1 Å². The lowest BCUT2D eigenvalue weighted by molar-refractivity contribution is -0.0146. The van der Waals surface area contributed by atoms with Gasteiger partial charge in [-0.1, -0.05) is 63.6 Å². The van der Waals surface area contributed by atoms with Gasteiger partial charge in [0, 0.05) is 0 Å². The zero-order chi connectivity index (χ0) is 27.6. The predicted molar refractivity (Wildman–Crippen MR) is 146 cm³/mol. The molecule has 1 aromatic carbocycles. The molecule has 10 nitrogen and oxygen atoms in total. The molecule has 0 heterocycles. The number of hydrogen-bond acceptors (Lipinski definition) is 8. The summed E-state index contributed by atoms with van der Waals surface area (Å²) in [6, 6.07) is 8.28. The van der Waals surface area contributed by atoms with Crippen molar-refractivity contribution in [1.82, 2.24) is 0 Å². The maximum absolute atomic E-state index is 10.5. The van der Waals surface area contributed by atoms with E-state index >= 15 is 0 Å². The van der Waals surface area contributed by atoms with Crippen LogP contribution in [0, 0.1) is 0 Å². The van der Waals surface area contributed by atoms with Gasteiger partial charge in [-0.15, -0.1) is 0 Å². The highest BCUT2D eigenvalue weighted by atomic mass is 31.2. The van der Waals surface area contributed by atoms with Gasteiger partial charge in [-0.2, -0.15) is 0 Å². The summed E-state index contributed by atoms with van der Waals surface area (Å²) in [5.74, 6) is 0.958. The molecule has 0 aliphatic rings. The van der Waals surface area contributed by atoms with Crippen LogP contribution in [0.3, 0.4) is 0 Å². The van der Waals surface area contributed by atoms with Gasteiger partial charge < -0.3 is 38.2 Å². The average Bonchev–Trinajstić information content (AvgIpc) is 2.89. The Labute approximate surface area is 228 Å². The summed E-state index contributed by atoms with van der Waals surface area (Å²) in [7, 11) is -4.43. The third-order valence-corrected chi connectivity index (χ3v) is 6.00. The first-order valence-corrected chi connectivity index (χ1v) is 15.4. The van der Waals surface area contributed by atoms with Crippen molar-refractivity contribution in [3.63, 3.8) is 0 Å². The molecule has 0 radical (unpaired) electrons. The molecule has 0 atom stereocenters. The Morgan fingerprint density at radius 2 is 1.05 bits per heavy atom. The van der Waals surface area contributed by atoms with Gasteiger partial charge in [0.1, 0.15) is 12.4 Å². The van der Waals surface area contributed by atoms with E-state index in [1.165, 1.54) is 50.5 Å². The lowest BCUT2D eigenvalue weighted by Gasteiger charge is -2.12. The summed E-state index contributed by atoms with van der Waals surface area (Å²) in [6.07, 6.45) is 10.2. The minimum atomic E-state index is -4.43. The fraction of sp³-hybridized carbons (Fsp3) is 0.778. The molecule has 1 rings (SSSR count). The summed E-state index contributed by atoms with van der Waals surface area (Å²) in [6.45, 7) is 6.70. The van der Waals surface area contributed by atoms with Crippen LogP contribution in [-0.2, 0) is 39.2 Å². The molecular weight excluding hydrogens is 515 g/mol. The smallest absolute Gasteiger partial charge is 0.469 e. The SMILES string of the molecule is CCCCCCCCCc1ccccc1OCCOCCOCCOCCOCCOCCOP(=O)(O)O. The summed E-state index contributed by atoms with van der Waals surface area (Å²) in [5.41, 5.74) is 1.27. The van der Waals surface area contributed by atoms with E-state index in [1.54, 1.807) is 0 Å². The fourth-order valence-corrected chi connectivity index (χ4v) is 3.84. The van der Waals surface area contributed by atoms with Gasteiger partial charge in [0.25, 0.3) is 0 Å². The molecule has 0 amide bonds. The number of para-hydroxylation sites is 1. The van der Waals surface area contributed by atoms with E-state index in [-0.39, 0.29) is 13.2 Å². The molecule has 0 aromatic heterocycles. The maximum atomic E-state index is 10.5. The standard InChI is InChI=1S/C27H49O10P/c1-2-3-4-5-6-7-8-11-26-12-9-10-13-27(26)36-24-22-34-20-18-32-16-14-31-15-17-33-19-21-35-23-25-37-38(28,29)30/h9-10,12-13H,2-8,11,14-25H2,1H3,(H2,28,29,30). The van der Waals surface area contributed by atoms with Crippen LogP contribution in [0.15, 0.2) is 24.3 Å². The number of phosphoric ester groups is 1. The minimum absolute atomic E-state index is 0.0896. The number of phosphoric acid groups is 1. The van der Waals surface area contributed by atoms with E-state index in [0.717, 1.165) is 12.2 Å². The van der Waals surface area contributed by atoms with Crippen LogP contribution in [0.2, 0.25) is 0 Å². The zero-order valence-electron chi connectivity index (χ0n) is 23.1. The quantitative estimate of drug-likeness (QED) is 0.111. The lowest BCUT2D eigenvalue weighted by atomic mass is 10.0. The number of rotatable bonds is 28. The van der Waals surface area contributed by atoms with E-state index in [0.29, 0.717) is 66.1 Å². The number of aryl methyl sites for hydroxylation is 1. The van der Waals surface area contributed by atoms with Gasteiger partial charge in [0.2, 0.25) is 0 Å². The van der Waals surface area contributed by atoms with Crippen molar-refractivity contribution < 1.29 is 47.3 Å². The van der Waals surface area contributed by atoms with Crippen molar-refractivity contribution in [2.24, 2.45) is 0 Å². The van der Waals surface area contributed by atoms with E-state index in [1.807, 2.05) is 12.1 Å². The molecule has 0 saturated heterocycles. The summed E-state index contributed by atoms with van der Waals surface area (Å²) in [4.78, 5) is 17.0. The van der Waals surface area contributed by atoms with Crippen molar-refractivity contribution in [2.75, 3.05) is 79.3 Å². The monoisotopic (exact) mass is 564 g/mol. The molecule has 11 heteroatoms. The van der Waals surface area contributed by atoms with Crippen LogP contribution in [0.5, 0.6) is 5.75 Å². The van der Waals surface area contributed by atoms with E-state index in [4.69, 9.17) is 38.2 Å². The highest BCUT2D eigenvalue weighted by molar-refractivity contribution is 7.46. The first kappa shape index (κ1) is 35.0. The number of benzene rings is 1. The third-order valence-electron chi connectivity index (χ3n) is 5.48. The van der Waals surface area contributed by atoms with Crippen molar-refractivity contribution in [3.8, 4) is 5.75 Å². The second-order valence-corrected chi connectivity index (χ2v) is 9.95. The molecule has 0 bridgehead atoms. The first-order chi connectivity index (χ1) is 18.5. The second kappa shape index (κ2) is 24.9. The Bertz CT molecular complexity index is 700. The normalized spacial score (nSPS) is 11.8. The number of hydrogen-bond donors (Lipinski definition) is 2. The van der Waals surface area contributed by atoms with Gasteiger partial charge in [0.15, 0.2) is 0 Å². The molecule has 0 saturated carbocycles. The van der Waals surface area contributed by atoms with Gasteiger partial charge in [-0.3, -0.25) is 4.52 Å². The van der Waals surface area contributed by atoms with Gasteiger partial charge >= 0.3 is 7.82 Å². The molecular formula is C27H49O10P. The highest BCUT2D eigenvalue weighted by Gasteiger charge is 2.12. The van der Waals surface area contributed by atoms with E-state index < -0.39 is 7.82 Å². The molecule has 1 aromatic rings. The Morgan fingerprint density at radius 3 is 1.58 bits per heavy atom. The number of unbranched alkanes of at least 4 members (excludes halogenated alkanes) is 6. The summed E-state index contributed by atoms with van der Waals surface area (Å²) >= 11 is 0. The van der Waals surface area contributed by atoms with Crippen LogP contribution >= 0.6 is 7.82 Å².